The van der Waals surface area contributed by atoms with Crippen LogP contribution in [0, 0.1) is 12.8 Å². The summed E-state index contributed by atoms with van der Waals surface area (Å²) < 4.78 is 26.1. The summed E-state index contributed by atoms with van der Waals surface area (Å²) in [6.45, 7) is 3.47. The average molecular weight is 271 g/mol. The predicted molar refractivity (Wildman–Crippen MR) is 67.8 cm³/mol. The van der Waals surface area contributed by atoms with Crippen molar-refractivity contribution in [2.45, 2.75) is 25.2 Å². The maximum absolute atomic E-state index is 11.9. The molecule has 2 N–H and O–H groups in total. The van der Waals surface area contributed by atoms with Crippen LogP contribution in [-0.4, -0.2) is 26.0 Å². The molecule has 0 saturated heterocycles. The topological polar surface area (TPSA) is 83.5 Å². The first-order chi connectivity index (χ1) is 8.36. The normalized spacial score (nSPS) is 13.2. The number of hydrogen-bond donors (Lipinski definition) is 2. The van der Waals surface area contributed by atoms with Crippen molar-refractivity contribution >= 4 is 16.0 Å². The van der Waals surface area contributed by atoms with Crippen LogP contribution in [0.25, 0.3) is 0 Å². The highest BCUT2D eigenvalue weighted by atomic mass is 32.2. The predicted octanol–water partition coefficient (Wildman–Crippen LogP) is 1.38. The van der Waals surface area contributed by atoms with E-state index in [1.54, 1.807) is 19.1 Å². The summed E-state index contributed by atoms with van der Waals surface area (Å²) in [4.78, 5) is 10.9. The minimum absolute atomic E-state index is 0.0952. The number of rotatable bonds is 6. The van der Waals surface area contributed by atoms with E-state index >= 15 is 0 Å². The maximum atomic E-state index is 11.9. The second-order valence-electron chi connectivity index (χ2n) is 4.11. The standard InChI is InChI=1S/C12H17NO4S/c1-3-10(12(14)15)8-13-18(16,17)11-6-4-9(2)5-7-11/h4-7,10,13H,3,8H2,1-2H3,(H,14,15). The van der Waals surface area contributed by atoms with Crippen LogP contribution in [0.15, 0.2) is 29.2 Å². The van der Waals surface area contributed by atoms with Crippen LogP contribution < -0.4 is 4.72 Å². The molecular formula is C12H17NO4S. The quantitative estimate of drug-likeness (QED) is 0.819. The molecule has 1 aromatic carbocycles. The Labute approximate surface area is 107 Å². The van der Waals surface area contributed by atoms with Crippen LogP contribution >= 0.6 is 0 Å². The summed E-state index contributed by atoms with van der Waals surface area (Å²) in [6.07, 6.45) is 0.381. The van der Waals surface area contributed by atoms with Gasteiger partial charge in [-0.05, 0) is 25.5 Å². The smallest absolute Gasteiger partial charge is 0.307 e. The fraction of sp³-hybridized carbons (Fsp3) is 0.417. The molecule has 0 bridgehead atoms. The SMILES string of the molecule is CCC(CNS(=O)(=O)c1ccc(C)cc1)C(=O)O. The highest BCUT2D eigenvalue weighted by molar-refractivity contribution is 7.89. The molecule has 0 aliphatic carbocycles. The lowest BCUT2D eigenvalue weighted by atomic mass is 10.1. The first-order valence-corrected chi connectivity index (χ1v) is 7.14. The van der Waals surface area contributed by atoms with Crippen molar-refractivity contribution in [2.75, 3.05) is 6.54 Å². The fourth-order valence-corrected chi connectivity index (χ4v) is 2.50. The van der Waals surface area contributed by atoms with E-state index in [2.05, 4.69) is 4.72 Å². The number of carboxylic acid groups (broad SMARTS) is 1. The Balaban J connectivity index is 2.76. The van der Waals surface area contributed by atoms with Crippen LogP contribution in [-0.2, 0) is 14.8 Å². The molecule has 1 aromatic rings. The van der Waals surface area contributed by atoms with Gasteiger partial charge in [-0.2, -0.15) is 0 Å². The van der Waals surface area contributed by atoms with Crippen molar-refractivity contribution in [3.8, 4) is 0 Å². The second-order valence-corrected chi connectivity index (χ2v) is 5.88. The molecule has 1 unspecified atom stereocenters. The van der Waals surface area contributed by atoms with Gasteiger partial charge < -0.3 is 5.11 Å². The Morgan fingerprint density at radius 1 is 1.33 bits per heavy atom. The molecule has 0 aromatic heterocycles. The zero-order valence-corrected chi connectivity index (χ0v) is 11.2. The first-order valence-electron chi connectivity index (χ1n) is 5.66. The van der Waals surface area contributed by atoms with Gasteiger partial charge in [-0.3, -0.25) is 4.79 Å². The van der Waals surface area contributed by atoms with E-state index in [1.807, 2.05) is 6.92 Å². The Kier molecular flexibility index (Phi) is 4.86. The fourth-order valence-electron chi connectivity index (χ4n) is 1.42. The summed E-state index contributed by atoms with van der Waals surface area (Å²) in [6, 6.07) is 6.39. The maximum Gasteiger partial charge on any atom is 0.307 e. The van der Waals surface area contributed by atoms with Crippen molar-refractivity contribution < 1.29 is 18.3 Å². The minimum atomic E-state index is -3.63. The molecule has 0 amide bonds. The van der Waals surface area contributed by atoms with Crippen molar-refractivity contribution in [2.24, 2.45) is 5.92 Å². The summed E-state index contributed by atoms with van der Waals surface area (Å²) in [5.74, 6) is -1.70. The number of nitrogens with one attached hydrogen (secondary N) is 1. The summed E-state index contributed by atoms with van der Waals surface area (Å²) >= 11 is 0. The molecule has 0 radical (unpaired) electrons. The van der Waals surface area contributed by atoms with E-state index in [4.69, 9.17) is 5.11 Å². The third-order valence-corrected chi connectivity index (χ3v) is 4.13. The number of carbonyl (C=O) groups is 1. The van der Waals surface area contributed by atoms with Gasteiger partial charge in [0, 0.05) is 6.54 Å². The van der Waals surface area contributed by atoms with Crippen LogP contribution in [0.1, 0.15) is 18.9 Å². The van der Waals surface area contributed by atoms with Crippen LogP contribution in [0.4, 0.5) is 0 Å². The first kappa shape index (κ1) is 14.7. The Morgan fingerprint density at radius 3 is 2.33 bits per heavy atom. The van der Waals surface area contributed by atoms with E-state index < -0.39 is 21.9 Å². The largest absolute Gasteiger partial charge is 0.481 e. The van der Waals surface area contributed by atoms with Crippen LogP contribution in [0.3, 0.4) is 0 Å². The lowest BCUT2D eigenvalue weighted by Crippen LogP contribution is -2.32. The zero-order chi connectivity index (χ0) is 13.8. The lowest BCUT2D eigenvalue weighted by Gasteiger charge is -2.11. The summed E-state index contributed by atoms with van der Waals surface area (Å²) in [5.41, 5.74) is 0.964. The number of hydrogen-bond acceptors (Lipinski definition) is 3. The monoisotopic (exact) mass is 271 g/mol. The van der Waals surface area contributed by atoms with Gasteiger partial charge in [0.25, 0.3) is 0 Å². The Morgan fingerprint density at radius 2 is 1.89 bits per heavy atom. The van der Waals surface area contributed by atoms with Gasteiger partial charge in [-0.15, -0.1) is 0 Å². The van der Waals surface area contributed by atoms with E-state index in [9.17, 15) is 13.2 Å². The molecule has 0 spiro atoms. The third-order valence-electron chi connectivity index (χ3n) is 2.69. The molecular weight excluding hydrogens is 254 g/mol. The second kappa shape index (κ2) is 5.97. The van der Waals surface area contributed by atoms with E-state index in [0.717, 1.165) is 5.56 Å². The van der Waals surface area contributed by atoms with E-state index in [1.165, 1.54) is 12.1 Å². The number of sulfonamides is 1. The van der Waals surface area contributed by atoms with Crippen LogP contribution in [0.2, 0.25) is 0 Å². The van der Waals surface area contributed by atoms with Gasteiger partial charge in [-0.25, -0.2) is 13.1 Å². The Bertz CT molecular complexity index is 507. The van der Waals surface area contributed by atoms with Gasteiger partial charge in [0.15, 0.2) is 0 Å². The number of carboxylic acids is 1. The van der Waals surface area contributed by atoms with Gasteiger partial charge in [0.1, 0.15) is 0 Å². The number of aliphatic carboxylic acids is 1. The molecule has 0 aliphatic rings. The van der Waals surface area contributed by atoms with Gasteiger partial charge >= 0.3 is 5.97 Å². The molecule has 0 saturated carbocycles. The van der Waals surface area contributed by atoms with Crippen molar-refractivity contribution in [3.63, 3.8) is 0 Å². The number of benzene rings is 1. The highest BCUT2D eigenvalue weighted by Gasteiger charge is 2.19. The van der Waals surface area contributed by atoms with E-state index in [-0.39, 0.29) is 11.4 Å². The number of aryl methyl sites for hydroxylation is 1. The van der Waals surface area contributed by atoms with Crippen molar-refractivity contribution in [1.29, 1.82) is 0 Å². The molecule has 0 aliphatic heterocycles. The molecule has 6 heteroatoms. The zero-order valence-electron chi connectivity index (χ0n) is 10.4. The third kappa shape index (κ3) is 3.82. The van der Waals surface area contributed by atoms with Gasteiger partial charge in [0.2, 0.25) is 10.0 Å². The van der Waals surface area contributed by atoms with Crippen LogP contribution in [0.5, 0.6) is 0 Å². The van der Waals surface area contributed by atoms with E-state index in [0.29, 0.717) is 6.42 Å². The molecule has 5 nitrogen and oxygen atoms in total. The molecule has 0 heterocycles. The lowest BCUT2D eigenvalue weighted by molar-refractivity contribution is -0.141. The average Bonchev–Trinajstić information content (AvgIpc) is 2.29. The van der Waals surface area contributed by atoms with Crippen molar-refractivity contribution in [3.05, 3.63) is 29.8 Å². The van der Waals surface area contributed by atoms with Gasteiger partial charge in [0.05, 0.1) is 10.8 Å². The van der Waals surface area contributed by atoms with Crippen molar-refractivity contribution in [1.82, 2.24) is 4.72 Å². The summed E-state index contributed by atoms with van der Waals surface area (Å²) in [5, 5.41) is 8.84. The molecule has 1 atom stereocenters. The molecule has 0 fully saturated rings. The molecule has 100 valence electrons. The molecule has 18 heavy (non-hydrogen) atoms. The molecule has 1 rings (SSSR count). The highest BCUT2D eigenvalue weighted by Crippen LogP contribution is 2.11. The van der Waals surface area contributed by atoms with Gasteiger partial charge in [-0.1, -0.05) is 24.6 Å². The Hall–Kier alpha value is -1.40. The summed E-state index contributed by atoms with van der Waals surface area (Å²) in [7, 11) is -3.63. The minimum Gasteiger partial charge on any atom is -0.481 e.